The van der Waals surface area contributed by atoms with Crippen LogP contribution in [0.3, 0.4) is 0 Å². The topological polar surface area (TPSA) is 99.4 Å². The first-order chi connectivity index (χ1) is 5.90. The van der Waals surface area contributed by atoms with Gasteiger partial charge in [-0.1, -0.05) is 0 Å². The predicted molar refractivity (Wildman–Crippen MR) is 46.4 cm³/mol. The van der Waals surface area contributed by atoms with Gasteiger partial charge in [0.15, 0.2) is 0 Å². The van der Waals surface area contributed by atoms with E-state index in [1.807, 2.05) is 0 Å². The molecule has 1 aliphatic heterocycles. The van der Waals surface area contributed by atoms with Crippen LogP contribution in [-0.2, 0) is 21.1 Å². The van der Waals surface area contributed by atoms with Gasteiger partial charge in [-0.25, -0.2) is 0 Å². The molecular weight excluding hydrogens is 219 g/mol. The van der Waals surface area contributed by atoms with Gasteiger partial charge in [0.1, 0.15) is 18.3 Å². The third kappa shape index (κ3) is 3.57. The molecule has 3 atom stereocenters. The highest BCUT2D eigenvalue weighted by Crippen LogP contribution is 2.37. The maximum atomic E-state index is 9.21. The molecule has 0 aliphatic carbocycles. The van der Waals surface area contributed by atoms with Gasteiger partial charge in [-0.15, -0.1) is 0 Å². The summed E-state index contributed by atoms with van der Waals surface area (Å²) in [6.45, 7) is -3.93. The molecule has 0 aromatic carbocycles. The summed E-state index contributed by atoms with van der Waals surface area (Å²) in [5, 5.41) is 18.2. The Morgan fingerprint density at radius 3 is 2.46 bits per heavy atom. The summed E-state index contributed by atoms with van der Waals surface area (Å²) in [6, 6.07) is 0. The van der Waals surface area contributed by atoms with E-state index in [1.165, 1.54) is 0 Å². The minimum atomic E-state index is -3.70. The van der Waals surface area contributed by atoms with E-state index in [0.717, 1.165) is 0 Å². The molecule has 0 saturated carbocycles. The van der Waals surface area contributed by atoms with E-state index in [9.17, 15) is 5.11 Å². The summed E-state index contributed by atoms with van der Waals surface area (Å²) in [4.78, 5) is 17.4. The quantitative estimate of drug-likeness (QED) is 0.430. The molecule has 1 heterocycles. The largest absolute Gasteiger partial charge is 0.388 e. The van der Waals surface area contributed by atoms with Crippen molar-refractivity contribution in [1.29, 1.82) is 0 Å². The Morgan fingerprint density at radius 2 is 2.08 bits per heavy atom. The van der Waals surface area contributed by atoms with Crippen molar-refractivity contribution >= 4 is 18.5 Å². The zero-order valence-corrected chi connectivity index (χ0v) is 8.32. The molecule has 0 bridgehead atoms. The molecule has 0 unspecified atom stereocenters. The summed E-state index contributed by atoms with van der Waals surface area (Å²) in [7, 11) is 0. The van der Waals surface area contributed by atoms with Crippen LogP contribution in [0.25, 0.3) is 0 Å². The van der Waals surface area contributed by atoms with Crippen molar-refractivity contribution in [1.82, 2.24) is 0 Å². The molecule has 1 fully saturated rings. The van der Waals surface area contributed by atoms with Crippen LogP contribution in [0.2, 0.25) is 0 Å². The number of aliphatic hydroxyl groups excluding tert-OH is 2. The normalized spacial score (nSPS) is 35.2. The van der Waals surface area contributed by atoms with Gasteiger partial charge in [0, 0.05) is 0 Å². The van der Waals surface area contributed by atoms with E-state index in [-0.39, 0.29) is 13.2 Å². The van der Waals surface area contributed by atoms with Crippen LogP contribution < -0.4 is 0 Å². The van der Waals surface area contributed by atoms with Crippen LogP contribution in [0.15, 0.2) is 0 Å². The number of hydrogen-bond donors (Lipinski definition) is 4. The van der Waals surface area contributed by atoms with E-state index >= 15 is 0 Å². The summed E-state index contributed by atoms with van der Waals surface area (Å²) in [6.07, 6.45) is -2.78. The third-order valence-corrected chi connectivity index (χ3v) is 2.46. The first-order valence-electron chi connectivity index (χ1n) is 3.58. The lowest BCUT2D eigenvalue weighted by Gasteiger charge is -2.16. The van der Waals surface area contributed by atoms with Crippen molar-refractivity contribution < 1.29 is 29.3 Å². The number of aliphatic hydroxyl groups is 2. The van der Waals surface area contributed by atoms with Crippen LogP contribution in [0.5, 0.6) is 0 Å². The standard InChI is InChI=1S/C5H11O6PS/c6-3-1-10-4(5(3)7)2-11-12(8,9)13/h3-7H,1-2H2,(H2,8,9,13)/t3-,4+,5-/m0/s1. The Labute approximate surface area is 80.0 Å². The summed E-state index contributed by atoms with van der Waals surface area (Å²) in [5.41, 5.74) is 0. The van der Waals surface area contributed by atoms with Crippen LogP contribution >= 0.6 is 6.72 Å². The maximum Gasteiger partial charge on any atom is 0.321 e. The highest BCUT2D eigenvalue weighted by atomic mass is 32.5. The maximum absolute atomic E-state index is 9.21. The second-order valence-electron chi connectivity index (χ2n) is 2.72. The summed E-state index contributed by atoms with van der Waals surface area (Å²) >= 11 is 4.19. The Kier molecular flexibility index (Phi) is 3.79. The molecule has 1 rings (SSSR count). The van der Waals surface area contributed by atoms with Gasteiger partial charge in [0.25, 0.3) is 0 Å². The highest BCUT2D eigenvalue weighted by molar-refractivity contribution is 8.06. The van der Waals surface area contributed by atoms with Crippen molar-refractivity contribution in [2.24, 2.45) is 0 Å². The van der Waals surface area contributed by atoms with Gasteiger partial charge in [0.05, 0.1) is 13.2 Å². The zero-order valence-electron chi connectivity index (χ0n) is 6.61. The lowest BCUT2D eigenvalue weighted by molar-refractivity contribution is -0.00253. The second kappa shape index (κ2) is 4.29. The Hall–Kier alpha value is 0.410. The molecule has 8 heteroatoms. The van der Waals surface area contributed by atoms with E-state index in [2.05, 4.69) is 16.3 Å². The molecule has 0 radical (unpaired) electrons. The second-order valence-corrected chi connectivity index (χ2v) is 5.38. The zero-order chi connectivity index (χ0) is 10.1. The molecule has 4 N–H and O–H groups in total. The SMILES string of the molecule is O[C@H]1[C@@H](O)CO[C@@H]1COP(O)(O)=S. The van der Waals surface area contributed by atoms with Gasteiger partial charge in [0.2, 0.25) is 0 Å². The van der Waals surface area contributed by atoms with Crippen LogP contribution in [0.1, 0.15) is 0 Å². The number of rotatable bonds is 3. The number of ether oxygens (including phenoxy) is 1. The summed E-state index contributed by atoms with van der Waals surface area (Å²) in [5.74, 6) is 0. The molecule has 0 aromatic rings. The summed E-state index contributed by atoms with van der Waals surface area (Å²) < 4.78 is 9.37. The average molecular weight is 230 g/mol. The van der Waals surface area contributed by atoms with Crippen LogP contribution in [-0.4, -0.2) is 51.5 Å². The molecule has 0 aromatic heterocycles. The monoisotopic (exact) mass is 230 g/mol. The van der Waals surface area contributed by atoms with E-state index in [0.29, 0.717) is 0 Å². The van der Waals surface area contributed by atoms with Gasteiger partial charge in [-0.2, -0.15) is 0 Å². The minimum absolute atomic E-state index is 0.00885. The average Bonchev–Trinajstić information content (AvgIpc) is 2.29. The molecule has 1 aliphatic rings. The highest BCUT2D eigenvalue weighted by Gasteiger charge is 2.35. The molecule has 13 heavy (non-hydrogen) atoms. The van der Waals surface area contributed by atoms with Crippen LogP contribution in [0.4, 0.5) is 0 Å². The third-order valence-electron chi connectivity index (χ3n) is 1.66. The molecule has 1 saturated heterocycles. The minimum Gasteiger partial charge on any atom is -0.388 e. The van der Waals surface area contributed by atoms with E-state index in [4.69, 9.17) is 19.6 Å². The van der Waals surface area contributed by atoms with Gasteiger partial charge in [-0.05, 0) is 11.8 Å². The fourth-order valence-corrected chi connectivity index (χ4v) is 1.51. The Morgan fingerprint density at radius 1 is 1.46 bits per heavy atom. The van der Waals surface area contributed by atoms with Gasteiger partial charge in [-0.3, -0.25) is 0 Å². The molecule has 78 valence electrons. The predicted octanol–water partition coefficient (Wildman–Crippen LogP) is -1.67. The fourth-order valence-electron chi connectivity index (χ4n) is 0.984. The van der Waals surface area contributed by atoms with E-state index in [1.54, 1.807) is 0 Å². The van der Waals surface area contributed by atoms with Crippen molar-refractivity contribution in [3.63, 3.8) is 0 Å². The number of hydrogen-bond acceptors (Lipinski definition) is 5. The van der Waals surface area contributed by atoms with Crippen molar-refractivity contribution in [2.75, 3.05) is 13.2 Å². The molecule has 0 spiro atoms. The molecule has 0 amide bonds. The first kappa shape index (κ1) is 11.5. The van der Waals surface area contributed by atoms with Gasteiger partial charge < -0.3 is 29.3 Å². The molecular formula is C5H11O6PS. The van der Waals surface area contributed by atoms with Crippen molar-refractivity contribution in [3.05, 3.63) is 0 Å². The lowest BCUT2D eigenvalue weighted by Crippen LogP contribution is -2.32. The molecule has 6 nitrogen and oxygen atoms in total. The van der Waals surface area contributed by atoms with E-state index < -0.39 is 25.0 Å². The van der Waals surface area contributed by atoms with Crippen LogP contribution in [0, 0.1) is 0 Å². The first-order valence-corrected chi connectivity index (χ1v) is 6.20. The van der Waals surface area contributed by atoms with Crippen molar-refractivity contribution in [3.8, 4) is 0 Å². The smallest absolute Gasteiger partial charge is 0.321 e. The lowest BCUT2D eigenvalue weighted by atomic mass is 10.2. The Balaban J connectivity index is 2.35. The van der Waals surface area contributed by atoms with Crippen molar-refractivity contribution in [2.45, 2.75) is 18.3 Å². The Bertz CT molecular complexity index is 217. The fraction of sp³-hybridized carbons (Fsp3) is 1.00. The van der Waals surface area contributed by atoms with Gasteiger partial charge >= 0.3 is 6.72 Å².